The lowest BCUT2D eigenvalue weighted by molar-refractivity contribution is 0.128. The topological polar surface area (TPSA) is 44.1 Å². The summed E-state index contributed by atoms with van der Waals surface area (Å²) in [5.41, 5.74) is -0.337. The first kappa shape index (κ1) is 8.23. The van der Waals surface area contributed by atoms with Gasteiger partial charge in [-0.2, -0.15) is 0 Å². The van der Waals surface area contributed by atoms with E-state index >= 15 is 0 Å². The molecule has 1 aromatic rings. The average molecular weight is 175 g/mol. The van der Waals surface area contributed by atoms with Gasteiger partial charge in [0.1, 0.15) is 6.73 Å². The maximum absolute atomic E-state index is 11.0. The summed E-state index contributed by atoms with van der Waals surface area (Å²) in [5, 5.41) is -0.0375. The maximum Gasteiger partial charge on any atom is 0.290 e. The van der Waals surface area contributed by atoms with Crippen LogP contribution in [0.1, 0.15) is 0 Å². The van der Waals surface area contributed by atoms with Crippen LogP contribution >= 0.6 is 11.6 Å². The van der Waals surface area contributed by atoms with Gasteiger partial charge in [-0.05, 0) is 0 Å². The van der Waals surface area contributed by atoms with E-state index in [9.17, 15) is 4.79 Å². The summed E-state index contributed by atoms with van der Waals surface area (Å²) in [6, 6.07) is 0. The number of hydrogen-bond donors (Lipinski definition) is 0. The van der Waals surface area contributed by atoms with Crippen molar-refractivity contribution in [2.45, 2.75) is 6.73 Å². The first-order valence-corrected chi connectivity index (χ1v) is 3.33. The molecule has 0 unspecified atom stereocenters. The number of ether oxygens (including phenoxy) is 1. The van der Waals surface area contributed by atoms with Crippen LogP contribution in [0.2, 0.25) is 5.15 Å². The quantitative estimate of drug-likeness (QED) is 0.656. The monoisotopic (exact) mass is 174 g/mol. The molecule has 0 amide bonds. The summed E-state index contributed by atoms with van der Waals surface area (Å²) in [6.45, 7) is 0.196. The summed E-state index contributed by atoms with van der Waals surface area (Å²) in [7, 11) is 1.50. The van der Waals surface area contributed by atoms with Gasteiger partial charge >= 0.3 is 0 Å². The summed E-state index contributed by atoms with van der Waals surface area (Å²) in [6.07, 6.45) is 2.96. The second-order valence-corrected chi connectivity index (χ2v) is 2.27. The second kappa shape index (κ2) is 3.50. The summed E-state index contributed by atoms with van der Waals surface area (Å²) in [5.74, 6) is 0. The SMILES string of the molecule is COCn1ccnc(Cl)c1=O. The predicted octanol–water partition coefficient (Wildman–Crippen LogP) is 0.501. The van der Waals surface area contributed by atoms with Crippen molar-refractivity contribution in [1.82, 2.24) is 9.55 Å². The predicted molar refractivity (Wildman–Crippen MR) is 40.5 cm³/mol. The summed E-state index contributed by atoms with van der Waals surface area (Å²) >= 11 is 5.45. The molecule has 0 aliphatic heterocycles. The molecule has 1 aromatic heterocycles. The number of methoxy groups -OCH3 is 1. The Morgan fingerprint density at radius 2 is 2.55 bits per heavy atom. The minimum Gasteiger partial charge on any atom is -0.364 e. The van der Waals surface area contributed by atoms with E-state index in [1.54, 1.807) is 0 Å². The zero-order valence-electron chi connectivity index (χ0n) is 5.95. The van der Waals surface area contributed by atoms with Gasteiger partial charge in [-0.1, -0.05) is 11.6 Å². The lowest BCUT2D eigenvalue weighted by Crippen LogP contribution is -2.21. The van der Waals surface area contributed by atoms with E-state index < -0.39 is 0 Å². The van der Waals surface area contributed by atoms with Gasteiger partial charge in [0.15, 0.2) is 5.15 Å². The molecule has 0 fully saturated rings. The maximum atomic E-state index is 11.0. The second-order valence-electron chi connectivity index (χ2n) is 1.91. The third kappa shape index (κ3) is 1.78. The number of rotatable bonds is 2. The first-order chi connectivity index (χ1) is 5.25. The molecule has 0 saturated heterocycles. The molecule has 4 nitrogen and oxygen atoms in total. The van der Waals surface area contributed by atoms with Crippen molar-refractivity contribution in [3.05, 3.63) is 27.9 Å². The summed E-state index contributed by atoms with van der Waals surface area (Å²) in [4.78, 5) is 14.6. The van der Waals surface area contributed by atoms with E-state index in [1.165, 1.54) is 24.1 Å². The van der Waals surface area contributed by atoms with Gasteiger partial charge in [-0.25, -0.2) is 4.98 Å². The number of halogens is 1. The molecule has 0 saturated carbocycles. The molecule has 0 aliphatic carbocycles. The Balaban J connectivity index is 3.07. The normalized spacial score (nSPS) is 10.0. The fraction of sp³-hybridized carbons (Fsp3) is 0.333. The largest absolute Gasteiger partial charge is 0.364 e. The van der Waals surface area contributed by atoms with E-state index in [0.717, 1.165) is 0 Å². The number of aromatic nitrogens is 2. The number of nitrogens with zero attached hydrogens (tertiary/aromatic N) is 2. The Hall–Kier alpha value is -0.870. The van der Waals surface area contributed by atoms with Crippen LogP contribution in [0.15, 0.2) is 17.2 Å². The van der Waals surface area contributed by atoms with Crippen LogP contribution in [0.3, 0.4) is 0 Å². The third-order valence-corrected chi connectivity index (χ3v) is 1.40. The molecule has 0 aliphatic rings. The molecule has 0 atom stereocenters. The van der Waals surface area contributed by atoms with Crippen molar-refractivity contribution >= 4 is 11.6 Å². The van der Waals surface area contributed by atoms with Gasteiger partial charge < -0.3 is 4.74 Å². The Morgan fingerprint density at radius 3 is 3.18 bits per heavy atom. The van der Waals surface area contributed by atoms with E-state index in [4.69, 9.17) is 16.3 Å². The van der Waals surface area contributed by atoms with Crippen LogP contribution in [0.25, 0.3) is 0 Å². The molecule has 0 aromatic carbocycles. The molecule has 0 N–H and O–H groups in total. The zero-order chi connectivity index (χ0) is 8.27. The Morgan fingerprint density at radius 1 is 1.82 bits per heavy atom. The smallest absolute Gasteiger partial charge is 0.290 e. The molecule has 0 radical (unpaired) electrons. The van der Waals surface area contributed by atoms with Gasteiger partial charge in [-0.3, -0.25) is 9.36 Å². The highest BCUT2D eigenvalue weighted by atomic mass is 35.5. The Labute approximate surface area is 68.4 Å². The third-order valence-electron chi connectivity index (χ3n) is 1.14. The highest BCUT2D eigenvalue weighted by Gasteiger charge is 1.98. The van der Waals surface area contributed by atoms with Crippen LogP contribution < -0.4 is 5.56 Å². The molecule has 0 spiro atoms. The fourth-order valence-electron chi connectivity index (χ4n) is 0.661. The highest BCUT2D eigenvalue weighted by Crippen LogP contribution is 1.92. The zero-order valence-corrected chi connectivity index (χ0v) is 6.71. The van der Waals surface area contributed by atoms with E-state index in [0.29, 0.717) is 0 Å². The van der Waals surface area contributed by atoms with E-state index in [1.807, 2.05) is 0 Å². The minimum absolute atomic E-state index is 0.0375. The van der Waals surface area contributed by atoms with Gasteiger partial charge in [-0.15, -0.1) is 0 Å². The van der Waals surface area contributed by atoms with Crippen LogP contribution in [0.4, 0.5) is 0 Å². The van der Waals surface area contributed by atoms with Crippen molar-refractivity contribution in [3.8, 4) is 0 Å². The van der Waals surface area contributed by atoms with Crippen molar-refractivity contribution in [1.29, 1.82) is 0 Å². The Bertz CT molecular complexity index is 297. The van der Waals surface area contributed by atoms with Crippen LogP contribution in [0, 0.1) is 0 Å². The molecular weight excluding hydrogens is 168 g/mol. The Kier molecular flexibility index (Phi) is 2.62. The highest BCUT2D eigenvalue weighted by molar-refractivity contribution is 6.29. The van der Waals surface area contributed by atoms with Gasteiger partial charge in [0.25, 0.3) is 5.56 Å². The van der Waals surface area contributed by atoms with Crippen LogP contribution in [-0.2, 0) is 11.5 Å². The standard InChI is InChI=1S/C6H7ClN2O2/c1-11-4-9-3-2-8-5(7)6(9)10/h2-3H,4H2,1H3. The minimum atomic E-state index is -0.337. The fourth-order valence-corrected chi connectivity index (χ4v) is 0.826. The van der Waals surface area contributed by atoms with Crippen molar-refractivity contribution in [2.24, 2.45) is 0 Å². The molecule has 5 heteroatoms. The lowest BCUT2D eigenvalue weighted by atomic mass is 10.7. The van der Waals surface area contributed by atoms with Gasteiger partial charge in [0.2, 0.25) is 0 Å². The van der Waals surface area contributed by atoms with E-state index in [-0.39, 0.29) is 17.4 Å². The number of hydrogen-bond acceptors (Lipinski definition) is 3. The molecule has 60 valence electrons. The van der Waals surface area contributed by atoms with Crippen LogP contribution in [0.5, 0.6) is 0 Å². The average Bonchev–Trinajstić information content (AvgIpc) is 1.99. The molecular formula is C6H7ClN2O2. The van der Waals surface area contributed by atoms with Gasteiger partial charge in [0.05, 0.1) is 0 Å². The molecule has 1 heterocycles. The van der Waals surface area contributed by atoms with Crippen molar-refractivity contribution in [3.63, 3.8) is 0 Å². The van der Waals surface area contributed by atoms with Crippen LogP contribution in [-0.4, -0.2) is 16.7 Å². The van der Waals surface area contributed by atoms with Gasteiger partial charge in [0, 0.05) is 19.5 Å². The summed E-state index contributed by atoms with van der Waals surface area (Å²) < 4.78 is 6.07. The molecule has 11 heavy (non-hydrogen) atoms. The van der Waals surface area contributed by atoms with Crippen molar-refractivity contribution in [2.75, 3.05) is 7.11 Å². The molecule has 0 bridgehead atoms. The lowest BCUT2D eigenvalue weighted by Gasteiger charge is -2.01. The first-order valence-electron chi connectivity index (χ1n) is 2.95. The van der Waals surface area contributed by atoms with E-state index in [2.05, 4.69) is 4.98 Å². The van der Waals surface area contributed by atoms with Crippen molar-refractivity contribution < 1.29 is 4.74 Å². The molecule has 1 rings (SSSR count).